The molecule has 5 heterocycles. The molecule has 0 amide bonds. The van der Waals surface area contributed by atoms with Crippen molar-refractivity contribution in [3.05, 3.63) is 95.2 Å². The van der Waals surface area contributed by atoms with E-state index >= 15 is 0 Å². The first-order chi connectivity index (χ1) is 46.1. The van der Waals surface area contributed by atoms with Crippen molar-refractivity contribution in [3.8, 4) is 0 Å². The topological polar surface area (TPSA) is 442 Å². The van der Waals surface area contributed by atoms with Crippen LogP contribution in [0.15, 0.2) is 95.2 Å². The van der Waals surface area contributed by atoms with Crippen molar-refractivity contribution < 1.29 is 139 Å². The Hall–Kier alpha value is -3.65. The van der Waals surface area contributed by atoms with Crippen molar-refractivity contribution >= 4 is 5.97 Å². The maximum atomic E-state index is 13.5. The Bertz CT molecular complexity index is 2660. The van der Waals surface area contributed by atoms with Crippen LogP contribution in [-0.2, 0) is 56.9 Å². The fraction of sp³-hybridized carbons (Fsp3) is 0.757. The van der Waals surface area contributed by atoms with E-state index in [1.807, 2.05) is 52.8 Å². The lowest BCUT2D eigenvalue weighted by atomic mass is 9.96. The van der Waals surface area contributed by atoms with E-state index in [1.54, 1.807) is 26.0 Å². The molecule has 0 aromatic carbocycles. The molecule has 0 bridgehead atoms. The lowest BCUT2D eigenvalue weighted by Crippen LogP contribution is -2.64. The number of ether oxygens (including phenoxy) is 11. The van der Waals surface area contributed by atoms with Gasteiger partial charge in [-0.25, -0.2) is 4.79 Å². The van der Waals surface area contributed by atoms with Gasteiger partial charge >= 0.3 is 5.97 Å². The second-order valence-electron chi connectivity index (χ2n) is 27.2. The molecule has 5 rings (SSSR count). The van der Waals surface area contributed by atoms with Crippen LogP contribution in [-0.4, -0.2) is 285 Å². The van der Waals surface area contributed by atoms with Gasteiger partial charge in [0.1, 0.15) is 104 Å². The van der Waals surface area contributed by atoms with Crippen LogP contribution in [0.2, 0.25) is 0 Å². The molecule has 28 unspecified atom stereocenters. The van der Waals surface area contributed by atoms with E-state index in [0.29, 0.717) is 44.9 Å². The van der Waals surface area contributed by atoms with E-state index in [9.17, 15) is 86.5 Å². The zero-order valence-electron chi connectivity index (χ0n) is 58.2. The van der Waals surface area contributed by atoms with Crippen LogP contribution in [0, 0.1) is 0 Å². The van der Waals surface area contributed by atoms with Gasteiger partial charge in [0.05, 0.1) is 55.9 Å². The van der Waals surface area contributed by atoms with Gasteiger partial charge < -0.3 is 134 Å². The first-order valence-electron chi connectivity index (χ1n) is 33.8. The Labute approximate surface area is 574 Å². The molecular weight excluding hydrogens is 1290 g/mol. The number of allylic oxidation sites excluding steroid dienone is 8. The Morgan fingerprint density at radius 2 is 0.878 bits per heavy atom. The average molecular weight is 1400 g/mol. The SMILES string of the molecule is C=CC(C)(CC/C=C(\C)CC/C=C(\C)CC/C=C(/C)COC1OC(C)C(O)C(OC2OC(COC3OC(C)C(O)C(O)C3OC(=O)/C(C)=C/C(O)C/C(C)=C/CC/C(C)=C/CCC(C)(C=C)OC3OC(CO)C(O)C(O)C3O)C(O)C(O)C2O)C1O)OC1OC(CO)C(O)C(O)C1O. The zero-order chi connectivity index (χ0) is 73.1. The molecule has 0 aromatic rings. The molecule has 0 aromatic heterocycles. The molecule has 5 fully saturated rings. The van der Waals surface area contributed by atoms with Crippen LogP contribution < -0.4 is 0 Å². The number of aliphatic hydroxyl groups is 16. The van der Waals surface area contributed by atoms with Crippen molar-refractivity contribution in [1.82, 2.24) is 0 Å². The lowest BCUT2D eigenvalue weighted by Gasteiger charge is -2.46. The number of rotatable bonds is 36. The third-order valence-corrected chi connectivity index (χ3v) is 18.7. The highest BCUT2D eigenvalue weighted by atomic mass is 16.8. The molecule has 5 saturated heterocycles. The first-order valence-corrected chi connectivity index (χ1v) is 33.8. The van der Waals surface area contributed by atoms with Gasteiger partial charge in [0.2, 0.25) is 0 Å². The van der Waals surface area contributed by atoms with Gasteiger partial charge in [-0.3, -0.25) is 0 Å². The number of carbonyl (C=O) groups excluding carboxylic acids is 1. The van der Waals surface area contributed by atoms with Crippen molar-refractivity contribution in [2.45, 2.75) is 311 Å². The largest absolute Gasteiger partial charge is 0.451 e. The molecular formula is C70H114O28. The third-order valence-electron chi connectivity index (χ3n) is 18.7. The second-order valence-corrected chi connectivity index (χ2v) is 27.2. The highest BCUT2D eigenvalue weighted by Crippen LogP contribution is 2.35. The van der Waals surface area contributed by atoms with Crippen molar-refractivity contribution in [2.24, 2.45) is 0 Å². The summed E-state index contributed by atoms with van der Waals surface area (Å²) >= 11 is 0. The Balaban J connectivity index is 1.07. The lowest BCUT2D eigenvalue weighted by molar-refractivity contribution is -0.362. The van der Waals surface area contributed by atoms with Crippen LogP contribution in [0.3, 0.4) is 0 Å². The molecule has 0 aliphatic carbocycles. The fourth-order valence-electron chi connectivity index (χ4n) is 11.8. The van der Waals surface area contributed by atoms with Gasteiger partial charge in [-0.05, 0) is 146 Å². The monoisotopic (exact) mass is 1400 g/mol. The Morgan fingerprint density at radius 1 is 0.459 bits per heavy atom. The predicted molar refractivity (Wildman–Crippen MR) is 352 cm³/mol. The summed E-state index contributed by atoms with van der Waals surface area (Å²) in [5, 5.41) is 169. The standard InChI is InChI=1S/C70H114O28/c1-13-69(11,97-66-58(84)53(79)50(76)45(32-71)92-66)28-18-26-37(4)21-15-20-36(3)23-17-25-40(7)34-88-64-60(86)61(49(75)43(10)90-64)96-65-57(83)55(81)52(78)47(94-65)35-89-68-62(56(82)48(74)42(9)91-68)95-63(87)41(8)31-44(73)30-39(6)24-16-22-38(5)27-19-29-70(12,14-2)98-67-59(85)54(80)51(77)46(33-72)93-67/h13-14,20,24-27,31,42-62,64-68,71-86H,1-2,15-19,21-23,28-30,32-35H2,3-12H3/b36-20+,37-26+,38-27+,39-24+,40-25-,41-31+. The maximum Gasteiger partial charge on any atom is 0.334 e. The van der Waals surface area contributed by atoms with Crippen LogP contribution >= 0.6 is 0 Å². The number of carbonyl (C=O) groups is 1. The number of hydrogen-bond donors (Lipinski definition) is 16. The minimum Gasteiger partial charge on any atom is -0.451 e. The first kappa shape index (κ1) is 85.0. The van der Waals surface area contributed by atoms with Crippen LogP contribution in [0.5, 0.6) is 0 Å². The average Bonchev–Trinajstić information content (AvgIpc) is 0.820. The van der Waals surface area contributed by atoms with E-state index < -0.39 is 197 Å². The number of hydrogen-bond acceptors (Lipinski definition) is 28. The van der Waals surface area contributed by atoms with Gasteiger partial charge in [-0.1, -0.05) is 70.4 Å². The normalized spacial score (nSPS) is 38.2. The molecule has 0 spiro atoms. The van der Waals surface area contributed by atoms with E-state index in [4.69, 9.17) is 52.1 Å². The summed E-state index contributed by atoms with van der Waals surface area (Å²) in [4.78, 5) is 13.5. The molecule has 28 nitrogen and oxygen atoms in total. The maximum absolute atomic E-state index is 13.5. The van der Waals surface area contributed by atoms with Crippen molar-refractivity contribution in [1.29, 1.82) is 0 Å². The van der Waals surface area contributed by atoms with Gasteiger partial charge in [-0.15, -0.1) is 13.2 Å². The zero-order valence-corrected chi connectivity index (χ0v) is 58.2. The molecule has 28 atom stereocenters. The van der Waals surface area contributed by atoms with Gasteiger partial charge in [-0.2, -0.15) is 0 Å². The Morgan fingerprint density at radius 3 is 1.36 bits per heavy atom. The molecule has 562 valence electrons. The highest BCUT2D eigenvalue weighted by Gasteiger charge is 2.53. The van der Waals surface area contributed by atoms with Crippen LogP contribution in [0.25, 0.3) is 0 Å². The van der Waals surface area contributed by atoms with E-state index in [-0.39, 0.29) is 18.6 Å². The summed E-state index contributed by atoms with van der Waals surface area (Å²) in [6.45, 7) is 23.5. The summed E-state index contributed by atoms with van der Waals surface area (Å²) in [7, 11) is 0. The molecule has 5 aliphatic heterocycles. The molecule has 0 saturated carbocycles. The minimum absolute atomic E-state index is 0.0256. The highest BCUT2D eigenvalue weighted by molar-refractivity contribution is 5.88. The molecule has 28 heteroatoms. The van der Waals surface area contributed by atoms with Crippen molar-refractivity contribution in [2.75, 3.05) is 26.4 Å². The second kappa shape index (κ2) is 39.8. The summed E-state index contributed by atoms with van der Waals surface area (Å²) in [6.07, 6.45) is -17.6. The predicted octanol–water partition coefficient (Wildman–Crippen LogP) is 0.910. The summed E-state index contributed by atoms with van der Waals surface area (Å²) < 4.78 is 64.0. The smallest absolute Gasteiger partial charge is 0.334 e. The van der Waals surface area contributed by atoms with Crippen molar-refractivity contribution in [3.63, 3.8) is 0 Å². The molecule has 16 N–H and O–H groups in total. The molecule has 0 radical (unpaired) electrons. The minimum atomic E-state index is -1.92. The van der Waals surface area contributed by atoms with E-state index in [0.717, 1.165) is 41.6 Å². The van der Waals surface area contributed by atoms with Gasteiger partial charge in [0.25, 0.3) is 0 Å². The summed E-state index contributed by atoms with van der Waals surface area (Å²) in [6, 6.07) is 0. The number of esters is 1. The Kier molecular flexibility index (Phi) is 34.6. The van der Waals surface area contributed by atoms with Gasteiger partial charge in [0.15, 0.2) is 37.6 Å². The van der Waals surface area contributed by atoms with Crippen LogP contribution in [0.4, 0.5) is 0 Å². The summed E-state index contributed by atoms with van der Waals surface area (Å²) in [5.41, 5.74) is 3.03. The van der Waals surface area contributed by atoms with Gasteiger partial charge in [0, 0.05) is 5.57 Å². The molecule has 5 aliphatic rings. The van der Waals surface area contributed by atoms with Crippen LogP contribution in [0.1, 0.15) is 140 Å². The quantitative estimate of drug-likeness (QED) is 0.0235. The van der Waals surface area contributed by atoms with E-state index in [1.165, 1.54) is 32.4 Å². The third kappa shape index (κ3) is 24.2. The van der Waals surface area contributed by atoms with E-state index in [2.05, 4.69) is 25.3 Å². The number of aliphatic hydroxyl groups excluding tert-OH is 16. The molecule has 98 heavy (non-hydrogen) atoms. The summed E-state index contributed by atoms with van der Waals surface area (Å²) in [5.74, 6) is -0.998. The fourth-order valence-corrected chi connectivity index (χ4v) is 11.8.